The summed E-state index contributed by atoms with van der Waals surface area (Å²) in [4.78, 5) is 28.1. The Labute approximate surface area is 215 Å². The molecule has 1 unspecified atom stereocenters. The monoisotopic (exact) mass is 500 g/mol. The van der Waals surface area contributed by atoms with E-state index >= 15 is 0 Å². The summed E-state index contributed by atoms with van der Waals surface area (Å²) in [6, 6.07) is 12.0. The minimum atomic E-state index is -0.108. The van der Waals surface area contributed by atoms with Gasteiger partial charge in [0.1, 0.15) is 5.65 Å². The molecule has 2 fully saturated rings. The van der Waals surface area contributed by atoms with Crippen LogP contribution in [0.15, 0.2) is 47.4 Å². The fourth-order valence-corrected chi connectivity index (χ4v) is 5.28. The van der Waals surface area contributed by atoms with E-state index in [1.54, 1.807) is 16.8 Å². The van der Waals surface area contributed by atoms with Crippen LogP contribution in [0.2, 0.25) is 0 Å². The fraction of sp³-hybridized carbons (Fsp3) is 0.407. The molecule has 0 radical (unpaired) electrons. The van der Waals surface area contributed by atoms with Crippen LogP contribution in [-0.4, -0.2) is 75.6 Å². The van der Waals surface area contributed by atoms with E-state index in [9.17, 15) is 4.79 Å². The number of pyridine rings is 1. The van der Waals surface area contributed by atoms with Crippen molar-refractivity contribution in [3.8, 4) is 11.3 Å². The highest BCUT2D eigenvalue weighted by molar-refractivity contribution is 5.84. The standard InChI is InChI=1S/C27H32N8O2/c1-3-33-11-13-34(14-12-33)20-6-4-19(5-7-20)30-27-29-18(2)22-16-23(24-8-10-28-32-24)26(36)35(25(22)31-27)21-9-15-37-17-21/h4-8,10,16,21H,3,9,11-15,17H2,1-2H3,(H,28,32)(H,29,30,31). The van der Waals surface area contributed by atoms with Crippen LogP contribution in [-0.2, 0) is 4.74 Å². The van der Waals surface area contributed by atoms with E-state index in [1.165, 1.54) is 5.69 Å². The van der Waals surface area contributed by atoms with Gasteiger partial charge in [-0.1, -0.05) is 6.92 Å². The van der Waals surface area contributed by atoms with Crippen LogP contribution >= 0.6 is 0 Å². The molecular formula is C27H32N8O2. The molecule has 37 heavy (non-hydrogen) atoms. The summed E-state index contributed by atoms with van der Waals surface area (Å²) < 4.78 is 7.41. The van der Waals surface area contributed by atoms with Crippen molar-refractivity contribution < 1.29 is 4.74 Å². The lowest BCUT2D eigenvalue weighted by Crippen LogP contribution is -2.46. The molecule has 2 saturated heterocycles. The number of likely N-dealkylation sites (N-methyl/N-ethyl adjacent to an activating group) is 1. The third-order valence-corrected chi connectivity index (χ3v) is 7.45. The van der Waals surface area contributed by atoms with E-state index in [0.29, 0.717) is 36.1 Å². The zero-order chi connectivity index (χ0) is 25.4. The lowest BCUT2D eigenvalue weighted by molar-refractivity contribution is 0.186. The number of hydrogen-bond donors (Lipinski definition) is 2. The van der Waals surface area contributed by atoms with Gasteiger partial charge in [-0.3, -0.25) is 14.5 Å². The summed E-state index contributed by atoms with van der Waals surface area (Å²) in [6.07, 6.45) is 2.41. The van der Waals surface area contributed by atoms with Gasteiger partial charge in [0, 0.05) is 55.7 Å². The lowest BCUT2D eigenvalue weighted by atomic mass is 10.1. The topological polar surface area (TPSA) is 104 Å². The second-order valence-corrected chi connectivity index (χ2v) is 9.68. The number of rotatable bonds is 6. The summed E-state index contributed by atoms with van der Waals surface area (Å²) >= 11 is 0. The summed E-state index contributed by atoms with van der Waals surface area (Å²) in [5.74, 6) is 0.468. The highest BCUT2D eigenvalue weighted by atomic mass is 16.5. The first-order valence-electron chi connectivity index (χ1n) is 13.0. The average molecular weight is 501 g/mol. The molecule has 0 amide bonds. The highest BCUT2D eigenvalue weighted by Gasteiger charge is 2.25. The van der Waals surface area contributed by atoms with Crippen molar-refractivity contribution >= 4 is 28.4 Å². The number of nitrogens with one attached hydrogen (secondary N) is 2. The van der Waals surface area contributed by atoms with E-state index in [4.69, 9.17) is 14.7 Å². The number of H-pyrrole nitrogens is 1. The molecule has 0 spiro atoms. The van der Waals surface area contributed by atoms with Gasteiger partial charge in [0.05, 0.1) is 29.6 Å². The molecule has 0 saturated carbocycles. The Morgan fingerprint density at radius 3 is 2.59 bits per heavy atom. The van der Waals surface area contributed by atoms with E-state index in [1.807, 2.05) is 13.0 Å². The number of aryl methyl sites for hydroxylation is 1. The van der Waals surface area contributed by atoms with Crippen LogP contribution in [0.3, 0.4) is 0 Å². The molecule has 5 heterocycles. The highest BCUT2D eigenvalue weighted by Crippen LogP contribution is 2.28. The summed E-state index contributed by atoms with van der Waals surface area (Å²) in [5.41, 5.74) is 4.66. The second kappa shape index (κ2) is 9.95. The smallest absolute Gasteiger partial charge is 0.261 e. The van der Waals surface area contributed by atoms with Crippen molar-refractivity contribution in [2.45, 2.75) is 26.3 Å². The summed E-state index contributed by atoms with van der Waals surface area (Å²) in [6.45, 7) is 10.6. The maximum Gasteiger partial charge on any atom is 0.261 e. The van der Waals surface area contributed by atoms with Gasteiger partial charge >= 0.3 is 0 Å². The van der Waals surface area contributed by atoms with Crippen molar-refractivity contribution in [1.29, 1.82) is 0 Å². The number of nitrogens with zero attached hydrogens (tertiary/aromatic N) is 6. The minimum absolute atomic E-state index is 0.0764. The molecule has 1 atom stereocenters. The Balaban J connectivity index is 1.33. The Bertz CT molecular complexity index is 1430. The molecule has 3 aromatic heterocycles. The number of ether oxygens (including phenoxy) is 1. The third-order valence-electron chi connectivity index (χ3n) is 7.45. The molecule has 2 aliphatic rings. The molecule has 2 aliphatic heterocycles. The minimum Gasteiger partial charge on any atom is -0.379 e. The van der Waals surface area contributed by atoms with E-state index in [2.05, 4.69) is 56.5 Å². The van der Waals surface area contributed by atoms with Crippen LogP contribution in [0, 0.1) is 6.92 Å². The Kier molecular flexibility index (Phi) is 6.35. The van der Waals surface area contributed by atoms with Crippen LogP contribution < -0.4 is 15.8 Å². The van der Waals surface area contributed by atoms with Gasteiger partial charge in [0.2, 0.25) is 5.95 Å². The molecule has 0 bridgehead atoms. The molecule has 1 aromatic carbocycles. The van der Waals surface area contributed by atoms with Crippen molar-refractivity contribution in [1.82, 2.24) is 29.6 Å². The van der Waals surface area contributed by atoms with Crippen LogP contribution in [0.25, 0.3) is 22.3 Å². The molecule has 6 rings (SSSR count). The number of piperazine rings is 1. The number of aromatic amines is 1. The first-order chi connectivity index (χ1) is 18.1. The third kappa shape index (κ3) is 4.58. The molecule has 10 nitrogen and oxygen atoms in total. The van der Waals surface area contributed by atoms with Gasteiger partial charge in [0.15, 0.2) is 0 Å². The van der Waals surface area contributed by atoms with Crippen LogP contribution in [0.1, 0.15) is 25.1 Å². The predicted octanol–water partition coefficient (Wildman–Crippen LogP) is 3.34. The largest absolute Gasteiger partial charge is 0.379 e. The molecule has 10 heteroatoms. The lowest BCUT2D eigenvalue weighted by Gasteiger charge is -2.35. The number of fused-ring (bicyclic) bond motifs is 1. The maximum atomic E-state index is 13.6. The second-order valence-electron chi connectivity index (χ2n) is 9.68. The van der Waals surface area contributed by atoms with E-state index in [0.717, 1.165) is 55.9 Å². The molecule has 0 aliphatic carbocycles. The maximum absolute atomic E-state index is 13.6. The Morgan fingerprint density at radius 2 is 1.92 bits per heavy atom. The summed E-state index contributed by atoms with van der Waals surface area (Å²) in [5, 5.41) is 11.1. The van der Waals surface area contributed by atoms with Gasteiger partial charge < -0.3 is 19.9 Å². The molecule has 192 valence electrons. The predicted molar refractivity (Wildman–Crippen MR) is 145 cm³/mol. The first kappa shape index (κ1) is 23.6. The molecule has 2 N–H and O–H groups in total. The normalized spacial score (nSPS) is 18.5. The zero-order valence-electron chi connectivity index (χ0n) is 21.3. The van der Waals surface area contributed by atoms with Crippen molar-refractivity contribution in [2.24, 2.45) is 0 Å². The molecule has 4 aromatic rings. The Morgan fingerprint density at radius 1 is 1.11 bits per heavy atom. The average Bonchev–Trinajstić information content (AvgIpc) is 3.64. The quantitative estimate of drug-likeness (QED) is 0.416. The Hall–Kier alpha value is -3.76. The van der Waals surface area contributed by atoms with E-state index < -0.39 is 0 Å². The van der Waals surface area contributed by atoms with Crippen LogP contribution in [0.5, 0.6) is 0 Å². The van der Waals surface area contributed by atoms with Gasteiger partial charge in [-0.15, -0.1) is 0 Å². The summed E-state index contributed by atoms with van der Waals surface area (Å²) in [7, 11) is 0. The van der Waals surface area contributed by atoms with Crippen molar-refractivity contribution in [3.63, 3.8) is 0 Å². The molecular weight excluding hydrogens is 468 g/mol. The van der Waals surface area contributed by atoms with E-state index in [-0.39, 0.29) is 11.6 Å². The SMILES string of the molecule is CCN1CCN(c2ccc(Nc3nc(C)c4cc(-c5ccn[nH]5)c(=O)n(C5CCOC5)c4n3)cc2)CC1. The number of anilines is 3. The van der Waals surface area contributed by atoms with Crippen molar-refractivity contribution in [3.05, 3.63) is 58.6 Å². The van der Waals surface area contributed by atoms with Gasteiger partial charge in [0.25, 0.3) is 5.56 Å². The van der Waals surface area contributed by atoms with Gasteiger partial charge in [-0.05, 0) is 56.3 Å². The zero-order valence-corrected chi connectivity index (χ0v) is 21.3. The number of hydrogen-bond acceptors (Lipinski definition) is 8. The first-order valence-corrected chi connectivity index (χ1v) is 13.0. The van der Waals surface area contributed by atoms with Gasteiger partial charge in [-0.2, -0.15) is 10.1 Å². The number of benzene rings is 1. The number of aromatic nitrogens is 5. The fourth-order valence-electron chi connectivity index (χ4n) is 5.28. The van der Waals surface area contributed by atoms with Crippen molar-refractivity contribution in [2.75, 3.05) is 56.2 Å². The van der Waals surface area contributed by atoms with Gasteiger partial charge in [-0.25, -0.2) is 4.98 Å². The van der Waals surface area contributed by atoms with Crippen LogP contribution in [0.4, 0.5) is 17.3 Å².